The topological polar surface area (TPSA) is 21.3 Å². The normalized spacial score (nSPS) is 24.6. The van der Waals surface area contributed by atoms with E-state index < -0.39 is 0 Å². The SMILES string of the molecule is CCCNC(CSC(C)CC)C1CCOC1. The highest BCUT2D eigenvalue weighted by Crippen LogP contribution is 2.22. The monoisotopic (exact) mass is 245 g/mol. The van der Waals surface area contributed by atoms with Gasteiger partial charge in [-0.3, -0.25) is 0 Å². The van der Waals surface area contributed by atoms with Crippen LogP contribution in [0.1, 0.15) is 40.0 Å². The highest BCUT2D eigenvalue weighted by Gasteiger charge is 2.25. The van der Waals surface area contributed by atoms with Gasteiger partial charge in [0.25, 0.3) is 0 Å². The Balaban J connectivity index is 2.30. The van der Waals surface area contributed by atoms with Crippen molar-refractivity contribution in [3.05, 3.63) is 0 Å². The van der Waals surface area contributed by atoms with E-state index in [0.717, 1.165) is 30.9 Å². The average Bonchev–Trinajstić information content (AvgIpc) is 2.82. The summed E-state index contributed by atoms with van der Waals surface area (Å²) in [6.45, 7) is 9.89. The van der Waals surface area contributed by atoms with Crippen molar-refractivity contribution >= 4 is 11.8 Å². The molecule has 1 rings (SSSR count). The zero-order valence-corrected chi connectivity index (χ0v) is 11.8. The standard InChI is InChI=1S/C13H27NOS/c1-4-7-14-13(10-16-11(3)5-2)12-6-8-15-9-12/h11-14H,4-10H2,1-3H3. The smallest absolute Gasteiger partial charge is 0.0510 e. The summed E-state index contributed by atoms with van der Waals surface area (Å²) >= 11 is 2.10. The van der Waals surface area contributed by atoms with E-state index in [1.54, 1.807) is 0 Å². The summed E-state index contributed by atoms with van der Waals surface area (Å²) in [5, 5.41) is 4.48. The Morgan fingerprint density at radius 1 is 1.44 bits per heavy atom. The van der Waals surface area contributed by atoms with Gasteiger partial charge in [-0.1, -0.05) is 20.8 Å². The molecule has 0 aliphatic carbocycles. The predicted octanol–water partition coefficient (Wildman–Crippen LogP) is 2.92. The molecule has 1 N–H and O–H groups in total. The Bertz CT molecular complexity index is 171. The minimum absolute atomic E-state index is 0.654. The quantitative estimate of drug-likeness (QED) is 0.710. The van der Waals surface area contributed by atoms with E-state index in [4.69, 9.17) is 4.74 Å². The first kappa shape index (κ1) is 14.3. The molecule has 1 fully saturated rings. The van der Waals surface area contributed by atoms with Gasteiger partial charge in [-0.05, 0) is 25.8 Å². The van der Waals surface area contributed by atoms with Crippen molar-refractivity contribution in [2.45, 2.75) is 51.3 Å². The van der Waals surface area contributed by atoms with Crippen molar-refractivity contribution < 1.29 is 4.74 Å². The molecule has 0 amide bonds. The molecule has 3 atom stereocenters. The van der Waals surface area contributed by atoms with E-state index in [-0.39, 0.29) is 0 Å². The molecule has 16 heavy (non-hydrogen) atoms. The fourth-order valence-electron chi connectivity index (χ4n) is 1.95. The van der Waals surface area contributed by atoms with Crippen LogP contribution < -0.4 is 5.32 Å². The van der Waals surface area contributed by atoms with Crippen LogP contribution >= 0.6 is 11.8 Å². The number of rotatable bonds is 8. The second-order valence-corrected chi connectivity index (χ2v) is 6.21. The number of hydrogen-bond acceptors (Lipinski definition) is 3. The first-order valence-electron chi connectivity index (χ1n) is 6.70. The number of nitrogens with one attached hydrogen (secondary N) is 1. The minimum Gasteiger partial charge on any atom is -0.381 e. The third-order valence-electron chi connectivity index (χ3n) is 3.33. The van der Waals surface area contributed by atoms with Crippen molar-refractivity contribution in [1.82, 2.24) is 5.32 Å². The fourth-order valence-corrected chi connectivity index (χ4v) is 3.11. The summed E-state index contributed by atoms with van der Waals surface area (Å²) in [6, 6.07) is 0.654. The van der Waals surface area contributed by atoms with E-state index in [0.29, 0.717) is 6.04 Å². The van der Waals surface area contributed by atoms with Gasteiger partial charge in [0.05, 0.1) is 6.61 Å². The lowest BCUT2D eigenvalue weighted by atomic mass is 10.0. The molecule has 3 heteroatoms. The van der Waals surface area contributed by atoms with Gasteiger partial charge < -0.3 is 10.1 Å². The highest BCUT2D eigenvalue weighted by atomic mass is 32.2. The van der Waals surface area contributed by atoms with Gasteiger partial charge in [0, 0.05) is 29.6 Å². The Kier molecular flexibility index (Phi) is 7.50. The summed E-state index contributed by atoms with van der Waals surface area (Å²) in [7, 11) is 0. The van der Waals surface area contributed by atoms with Crippen LogP contribution in [-0.4, -0.2) is 36.8 Å². The van der Waals surface area contributed by atoms with E-state index in [1.807, 2.05) is 0 Å². The molecule has 1 aliphatic rings. The van der Waals surface area contributed by atoms with Crippen molar-refractivity contribution in [2.24, 2.45) is 5.92 Å². The average molecular weight is 245 g/mol. The van der Waals surface area contributed by atoms with Gasteiger partial charge in [0.1, 0.15) is 0 Å². The maximum atomic E-state index is 5.50. The minimum atomic E-state index is 0.654. The third-order valence-corrected chi connectivity index (χ3v) is 4.78. The summed E-state index contributed by atoms with van der Waals surface area (Å²) in [5.74, 6) is 1.98. The first-order chi connectivity index (χ1) is 7.77. The lowest BCUT2D eigenvalue weighted by Crippen LogP contribution is -2.39. The van der Waals surface area contributed by atoms with Crippen LogP contribution in [0.25, 0.3) is 0 Å². The first-order valence-corrected chi connectivity index (χ1v) is 7.75. The zero-order valence-electron chi connectivity index (χ0n) is 11.0. The lowest BCUT2D eigenvalue weighted by Gasteiger charge is -2.24. The molecule has 0 saturated carbocycles. The molecule has 1 aliphatic heterocycles. The number of thioether (sulfide) groups is 1. The van der Waals surface area contributed by atoms with Crippen LogP contribution in [0.4, 0.5) is 0 Å². The maximum Gasteiger partial charge on any atom is 0.0510 e. The fraction of sp³-hybridized carbons (Fsp3) is 1.00. The summed E-state index contributed by atoms with van der Waals surface area (Å²) in [4.78, 5) is 0. The molecule has 3 unspecified atom stereocenters. The Morgan fingerprint density at radius 3 is 2.81 bits per heavy atom. The van der Waals surface area contributed by atoms with E-state index in [9.17, 15) is 0 Å². The van der Waals surface area contributed by atoms with Gasteiger partial charge in [0.2, 0.25) is 0 Å². The molecule has 1 saturated heterocycles. The lowest BCUT2D eigenvalue weighted by molar-refractivity contribution is 0.179. The Hall–Kier alpha value is 0.270. The van der Waals surface area contributed by atoms with Gasteiger partial charge in [-0.15, -0.1) is 0 Å². The number of hydrogen-bond donors (Lipinski definition) is 1. The van der Waals surface area contributed by atoms with Crippen molar-refractivity contribution in [3.8, 4) is 0 Å². The second-order valence-electron chi connectivity index (χ2n) is 4.74. The molecular formula is C13H27NOS. The van der Waals surface area contributed by atoms with E-state index >= 15 is 0 Å². The molecule has 0 spiro atoms. The van der Waals surface area contributed by atoms with Crippen LogP contribution in [0.3, 0.4) is 0 Å². The van der Waals surface area contributed by atoms with Gasteiger partial charge in [0.15, 0.2) is 0 Å². The molecule has 96 valence electrons. The van der Waals surface area contributed by atoms with Crippen LogP contribution in [0.15, 0.2) is 0 Å². The molecule has 2 nitrogen and oxygen atoms in total. The van der Waals surface area contributed by atoms with Crippen molar-refractivity contribution in [3.63, 3.8) is 0 Å². The Morgan fingerprint density at radius 2 is 2.25 bits per heavy atom. The van der Waals surface area contributed by atoms with Crippen molar-refractivity contribution in [1.29, 1.82) is 0 Å². The molecule has 0 aromatic heterocycles. The maximum absolute atomic E-state index is 5.50. The van der Waals surface area contributed by atoms with E-state index in [1.165, 1.54) is 25.0 Å². The molecule has 0 radical (unpaired) electrons. The molecule has 1 heterocycles. The Labute approximate surface area is 105 Å². The van der Waals surface area contributed by atoms with Crippen LogP contribution in [0.2, 0.25) is 0 Å². The molecular weight excluding hydrogens is 218 g/mol. The summed E-state index contributed by atoms with van der Waals surface area (Å²) in [6.07, 6.45) is 3.73. The molecule has 0 aromatic carbocycles. The zero-order chi connectivity index (χ0) is 11.8. The van der Waals surface area contributed by atoms with Crippen LogP contribution in [0, 0.1) is 5.92 Å². The molecule has 0 bridgehead atoms. The van der Waals surface area contributed by atoms with E-state index in [2.05, 4.69) is 37.8 Å². The van der Waals surface area contributed by atoms with Gasteiger partial charge in [-0.2, -0.15) is 11.8 Å². The predicted molar refractivity (Wildman–Crippen MR) is 73.2 cm³/mol. The van der Waals surface area contributed by atoms with Crippen LogP contribution in [0.5, 0.6) is 0 Å². The summed E-state index contributed by atoms with van der Waals surface area (Å²) < 4.78 is 5.50. The van der Waals surface area contributed by atoms with Crippen molar-refractivity contribution in [2.75, 3.05) is 25.5 Å². The second kappa shape index (κ2) is 8.37. The summed E-state index contributed by atoms with van der Waals surface area (Å²) in [5.41, 5.74) is 0. The van der Waals surface area contributed by atoms with Gasteiger partial charge >= 0.3 is 0 Å². The largest absolute Gasteiger partial charge is 0.381 e. The highest BCUT2D eigenvalue weighted by molar-refractivity contribution is 7.99. The van der Waals surface area contributed by atoms with Gasteiger partial charge in [-0.25, -0.2) is 0 Å². The third kappa shape index (κ3) is 5.07. The van der Waals surface area contributed by atoms with Crippen LogP contribution in [-0.2, 0) is 4.74 Å². The number of ether oxygens (including phenoxy) is 1. The molecule has 0 aromatic rings.